The van der Waals surface area contributed by atoms with Crippen molar-refractivity contribution in [3.05, 3.63) is 47.4 Å². The predicted octanol–water partition coefficient (Wildman–Crippen LogP) is 4.33. The Morgan fingerprint density at radius 2 is 1.80 bits per heavy atom. The van der Waals surface area contributed by atoms with Crippen molar-refractivity contribution < 1.29 is 4.39 Å². The molecule has 1 aliphatic carbocycles. The van der Waals surface area contributed by atoms with Crippen LogP contribution in [0.5, 0.6) is 0 Å². The van der Waals surface area contributed by atoms with Crippen molar-refractivity contribution in [1.29, 1.82) is 0 Å². The lowest BCUT2D eigenvalue weighted by molar-refractivity contribution is 0.608. The minimum absolute atomic E-state index is 0.195. The second-order valence-corrected chi connectivity index (χ2v) is 6.74. The van der Waals surface area contributed by atoms with Crippen LogP contribution in [-0.2, 0) is 12.8 Å². The van der Waals surface area contributed by atoms with Crippen molar-refractivity contribution in [3.63, 3.8) is 0 Å². The molecule has 3 rings (SSSR count). The molecule has 1 aromatic carbocycles. The van der Waals surface area contributed by atoms with Crippen LogP contribution in [0.25, 0.3) is 11.1 Å². The molecule has 0 aliphatic heterocycles. The van der Waals surface area contributed by atoms with Gasteiger partial charge in [0.1, 0.15) is 11.6 Å². The minimum atomic E-state index is -0.195. The van der Waals surface area contributed by atoms with Crippen LogP contribution in [0.2, 0.25) is 0 Å². The zero-order chi connectivity index (χ0) is 17.6. The van der Waals surface area contributed by atoms with E-state index in [4.69, 9.17) is 10.7 Å². The van der Waals surface area contributed by atoms with Gasteiger partial charge < -0.3 is 10.6 Å². The third kappa shape index (κ3) is 4.18. The summed E-state index contributed by atoms with van der Waals surface area (Å²) in [6.45, 7) is 4.42. The summed E-state index contributed by atoms with van der Waals surface area (Å²) in [5.74, 6) is 0.797. The number of pyridine rings is 1. The summed E-state index contributed by atoms with van der Waals surface area (Å²) < 4.78 is 13.4. The fraction of sp³-hybridized carbons (Fsp3) is 0.476. The maximum Gasteiger partial charge on any atom is 0.129 e. The van der Waals surface area contributed by atoms with Gasteiger partial charge in [-0.1, -0.05) is 25.0 Å². The van der Waals surface area contributed by atoms with E-state index in [1.54, 1.807) is 12.1 Å². The molecule has 0 spiro atoms. The second kappa shape index (κ2) is 8.43. The van der Waals surface area contributed by atoms with Crippen LogP contribution < -0.4 is 10.6 Å². The fourth-order valence-corrected chi connectivity index (χ4v) is 3.68. The molecule has 134 valence electrons. The summed E-state index contributed by atoms with van der Waals surface area (Å²) in [6, 6.07) is 9.02. The van der Waals surface area contributed by atoms with Crippen LogP contribution in [-0.4, -0.2) is 24.6 Å². The Morgan fingerprint density at radius 3 is 2.48 bits per heavy atom. The minimum Gasteiger partial charge on any atom is -0.356 e. The van der Waals surface area contributed by atoms with Crippen LogP contribution in [0.4, 0.5) is 10.2 Å². The van der Waals surface area contributed by atoms with Crippen molar-refractivity contribution in [2.45, 2.75) is 45.4 Å². The van der Waals surface area contributed by atoms with Crippen LogP contribution in [0.15, 0.2) is 30.3 Å². The van der Waals surface area contributed by atoms with Crippen LogP contribution in [0.1, 0.15) is 43.9 Å². The number of likely N-dealkylation sites (N-methyl/N-ethyl adjacent to an activating group) is 1. The molecule has 0 bridgehead atoms. The highest BCUT2D eigenvalue weighted by atomic mass is 19.1. The van der Waals surface area contributed by atoms with E-state index in [-0.39, 0.29) is 5.82 Å². The van der Waals surface area contributed by atoms with E-state index < -0.39 is 0 Å². The molecule has 0 atom stereocenters. The highest BCUT2D eigenvalue weighted by Gasteiger charge is 2.18. The standard InChI is InChI=1S/C21H28FN3/c1-2-25(14-13-23)21-15-19(16-9-11-17(22)12-10-16)18-7-5-3-4-6-8-20(18)24-21/h9-12,15H,2-8,13-14,23H2,1H3. The number of fused-ring (bicyclic) bond motifs is 1. The summed E-state index contributed by atoms with van der Waals surface area (Å²) in [7, 11) is 0. The van der Waals surface area contributed by atoms with E-state index >= 15 is 0 Å². The predicted molar refractivity (Wildman–Crippen MR) is 102 cm³/mol. The lowest BCUT2D eigenvalue weighted by atomic mass is 9.90. The lowest BCUT2D eigenvalue weighted by Crippen LogP contribution is -2.30. The molecule has 1 aliphatic rings. The summed E-state index contributed by atoms with van der Waals surface area (Å²) in [5.41, 5.74) is 10.6. The van der Waals surface area contributed by atoms with E-state index in [1.807, 2.05) is 12.1 Å². The maximum atomic E-state index is 13.4. The van der Waals surface area contributed by atoms with Crippen molar-refractivity contribution >= 4 is 5.82 Å². The molecule has 4 heteroatoms. The van der Waals surface area contributed by atoms with Gasteiger partial charge in [0, 0.05) is 25.3 Å². The topological polar surface area (TPSA) is 42.1 Å². The van der Waals surface area contributed by atoms with Gasteiger partial charge in [-0.05, 0) is 67.5 Å². The van der Waals surface area contributed by atoms with Crippen LogP contribution in [0, 0.1) is 5.82 Å². The van der Waals surface area contributed by atoms with Gasteiger partial charge in [0.25, 0.3) is 0 Å². The van der Waals surface area contributed by atoms with E-state index in [0.717, 1.165) is 37.3 Å². The van der Waals surface area contributed by atoms with Crippen molar-refractivity contribution in [3.8, 4) is 11.1 Å². The molecular formula is C21H28FN3. The third-order valence-electron chi connectivity index (χ3n) is 5.05. The van der Waals surface area contributed by atoms with Gasteiger partial charge in [-0.2, -0.15) is 0 Å². The quantitative estimate of drug-likeness (QED) is 0.880. The average Bonchev–Trinajstić information content (AvgIpc) is 2.60. The Morgan fingerprint density at radius 1 is 1.08 bits per heavy atom. The number of aryl methyl sites for hydroxylation is 1. The van der Waals surface area contributed by atoms with Gasteiger partial charge >= 0.3 is 0 Å². The highest BCUT2D eigenvalue weighted by molar-refractivity contribution is 5.71. The summed E-state index contributed by atoms with van der Waals surface area (Å²) in [6.07, 6.45) is 7.02. The SMILES string of the molecule is CCN(CCN)c1cc(-c2ccc(F)cc2)c2c(n1)CCCCCC2. The third-order valence-corrected chi connectivity index (χ3v) is 5.05. The normalized spacial score (nSPS) is 14.5. The number of halogens is 1. The average molecular weight is 341 g/mol. The first-order chi connectivity index (χ1) is 12.2. The van der Waals surface area contributed by atoms with E-state index in [9.17, 15) is 4.39 Å². The Bertz CT molecular complexity index is 697. The molecule has 2 aromatic rings. The van der Waals surface area contributed by atoms with E-state index in [2.05, 4.69) is 17.9 Å². The van der Waals surface area contributed by atoms with E-state index in [0.29, 0.717) is 6.54 Å². The molecule has 25 heavy (non-hydrogen) atoms. The molecular weight excluding hydrogens is 313 g/mol. The first kappa shape index (κ1) is 17.9. The van der Waals surface area contributed by atoms with Gasteiger partial charge in [0.05, 0.1) is 0 Å². The number of hydrogen-bond donors (Lipinski definition) is 1. The highest BCUT2D eigenvalue weighted by Crippen LogP contribution is 2.33. The number of benzene rings is 1. The maximum absolute atomic E-state index is 13.4. The second-order valence-electron chi connectivity index (χ2n) is 6.74. The number of rotatable bonds is 5. The molecule has 0 amide bonds. The molecule has 3 nitrogen and oxygen atoms in total. The first-order valence-corrected chi connectivity index (χ1v) is 9.46. The molecule has 0 unspecified atom stereocenters. The van der Waals surface area contributed by atoms with Crippen LogP contribution in [0.3, 0.4) is 0 Å². The van der Waals surface area contributed by atoms with Gasteiger partial charge in [-0.3, -0.25) is 0 Å². The Kier molecular flexibility index (Phi) is 6.03. The van der Waals surface area contributed by atoms with Crippen molar-refractivity contribution in [2.24, 2.45) is 5.73 Å². The Hall–Kier alpha value is -1.94. The van der Waals surface area contributed by atoms with Crippen molar-refractivity contribution in [2.75, 3.05) is 24.5 Å². The Balaban J connectivity index is 2.11. The number of anilines is 1. The van der Waals surface area contributed by atoms with Crippen molar-refractivity contribution in [1.82, 2.24) is 4.98 Å². The molecule has 0 saturated carbocycles. The lowest BCUT2D eigenvalue weighted by Gasteiger charge is -2.25. The van der Waals surface area contributed by atoms with Crippen LogP contribution >= 0.6 is 0 Å². The molecule has 1 aromatic heterocycles. The summed E-state index contributed by atoms with van der Waals surface area (Å²) >= 11 is 0. The van der Waals surface area contributed by atoms with Gasteiger partial charge in [-0.25, -0.2) is 9.37 Å². The zero-order valence-electron chi connectivity index (χ0n) is 15.1. The van der Waals surface area contributed by atoms with Gasteiger partial charge in [0.15, 0.2) is 0 Å². The monoisotopic (exact) mass is 341 g/mol. The summed E-state index contributed by atoms with van der Waals surface area (Å²) in [5, 5.41) is 0. The van der Waals surface area contributed by atoms with E-state index in [1.165, 1.54) is 42.5 Å². The molecule has 0 radical (unpaired) electrons. The molecule has 2 N–H and O–H groups in total. The zero-order valence-corrected chi connectivity index (χ0v) is 15.1. The molecule has 0 fully saturated rings. The van der Waals surface area contributed by atoms with Gasteiger partial charge in [0.2, 0.25) is 0 Å². The van der Waals surface area contributed by atoms with Gasteiger partial charge in [-0.15, -0.1) is 0 Å². The largest absolute Gasteiger partial charge is 0.356 e. The molecule has 1 heterocycles. The first-order valence-electron chi connectivity index (χ1n) is 9.46. The smallest absolute Gasteiger partial charge is 0.129 e. The number of hydrogen-bond acceptors (Lipinski definition) is 3. The number of nitrogens with zero attached hydrogens (tertiary/aromatic N) is 2. The number of nitrogens with two attached hydrogens (primary N) is 1. The fourth-order valence-electron chi connectivity index (χ4n) is 3.68. The summed E-state index contributed by atoms with van der Waals surface area (Å²) in [4.78, 5) is 7.23. The molecule has 0 saturated heterocycles. The number of aromatic nitrogens is 1. The Labute approximate surface area is 150 Å².